The minimum absolute atomic E-state index is 0.146. The Hall–Kier alpha value is -1.27. The highest BCUT2D eigenvalue weighted by Gasteiger charge is 2.22. The molecule has 2 atom stereocenters. The Labute approximate surface area is 145 Å². The third-order valence-electron chi connectivity index (χ3n) is 3.22. The number of nitrogen functional groups attached to an aromatic ring is 1. The van der Waals surface area contributed by atoms with Crippen LogP contribution in [0.5, 0.6) is 5.88 Å². The van der Waals surface area contributed by atoms with Crippen LogP contribution < -0.4 is 10.5 Å². The lowest BCUT2D eigenvalue weighted by molar-refractivity contribution is -0.152. The minimum Gasteiger partial charge on any atom is -0.463 e. The normalized spacial score (nSPS) is 13.5. The van der Waals surface area contributed by atoms with Crippen molar-refractivity contribution in [1.82, 2.24) is 4.98 Å². The van der Waals surface area contributed by atoms with E-state index in [9.17, 15) is 9.18 Å². The molecule has 1 rings (SSSR count). The van der Waals surface area contributed by atoms with Crippen LogP contribution in [0.1, 0.15) is 40.0 Å². The summed E-state index contributed by atoms with van der Waals surface area (Å²) in [5.74, 6) is -1.64. The van der Waals surface area contributed by atoms with E-state index in [1.54, 1.807) is 0 Å². The van der Waals surface area contributed by atoms with E-state index in [0.29, 0.717) is 6.61 Å². The Morgan fingerprint density at radius 3 is 2.61 bits per heavy atom. The first-order chi connectivity index (χ1) is 10.8. The van der Waals surface area contributed by atoms with Crippen molar-refractivity contribution < 1.29 is 18.7 Å². The zero-order valence-electron chi connectivity index (χ0n) is 13.4. The first-order valence-electron chi connectivity index (χ1n) is 7.41. The second-order valence-electron chi connectivity index (χ2n) is 5.39. The number of pyridine rings is 1. The Morgan fingerprint density at radius 2 is 2.00 bits per heavy atom. The highest BCUT2D eigenvalue weighted by atomic mass is 35.5. The lowest BCUT2D eigenvalue weighted by Gasteiger charge is -2.17. The van der Waals surface area contributed by atoms with Crippen LogP contribution in [-0.4, -0.2) is 23.7 Å². The third-order valence-corrected chi connectivity index (χ3v) is 3.95. The number of nitrogens with zero attached hydrogens (tertiary/aromatic N) is 1. The average molecular weight is 367 g/mol. The molecule has 0 radical (unpaired) electrons. The van der Waals surface area contributed by atoms with Gasteiger partial charge in [-0.1, -0.05) is 49.9 Å². The van der Waals surface area contributed by atoms with Gasteiger partial charge in [-0.2, -0.15) is 9.37 Å². The summed E-state index contributed by atoms with van der Waals surface area (Å²) in [6.45, 7) is 5.86. The number of unbranched alkanes of at least 4 members (excludes halogenated alkanes) is 1. The summed E-state index contributed by atoms with van der Waals surface area (Å²) in [7, 11) is 0. The molecular formula is C15H21Cl2FN2O3. The SMILES string of the molecule is CCCCC(C)COC(=O)[C@@H](C)Oc1nc(F)c(Cl)c(N)c1Cl. The van der Waals surface area contributed by atoms with Gasteiger partial charge < -0.3 is 15.2 Å². The fourth-order valence-corrected chi connectivity index (χ4v) is 2.15. The van der Waals surface area contributed by atoms with Crippen LogP contribution >= 0.6 is 23.2 Å². The molecule has 0 aliphatic carbocycles. The van der Waals surface area contributed by atoms with Crippen LogP contribution in [0, 0.1) is 11.9 Å². The number of carbonyl (C=O) groups is 1. The van der Waals surface area contributed by atoms with Crippen LogP contribution in [0.3, 0.4) is 0 Å². The van der Waals surface area contributed by atoms with Gasteiger partial charge >= 0.3 is 5.97 Å². The maximum absolute atomic E-state index is 13.5. The predicted molar refractivity (Wildman–Crippen MR) is 88.4 cm³/mol. The first kappa shape index (κ1) is 19.8. The zero-order chi connectivity index (χ0) is 17.6. The molecule has 8 heteroatoms. The molecule has 23 heavy (non-hydrogen) atoms. The number of hydrogen-bond donors (Lipinski definition) is 1. The largest absolute Gasteiger partial charge is 0.463 e. The molecule has 0 aromatic carbocycles. The number of anilines is 1. The van der Waals surface area contributed by atoms with Gasteiger partial charge in [0.2, 0.25) is 11.8 Å². The standard InChI is InChI=1S/C15H21Cl2FN2O3/c1-4-5-6-8(2)7-22-15(21)9(3)23-14-11(17)12(19)10(16)13(18)20-14/h8-9H,4-7H2,1-3H3,(H2,19,20)/t8?,9-/m1/s1. The van der Waals surface area contributed by atoms with E-state index in [1.807, 2.05) is 6.92 Å². The van der Waals surface area contributed by atoms with E-state index < -0.39 is 18.0 Å². The van der Waals surface area contributed by atoms with E-state index >= 15 is 0 Å². The predicted octanol–water partition coefficient (Wildman–Crippen LogP) is 4.25. The van der Waals surface area contributed by atoms with Crippen molar-refractivity contribution in [2.75, 3.05) is 12.3 Å². The van der Waals surface area contributed by atoms with Crippen LogP contribution in [0.2, 0.25) is 10.0 Å². The zero-order valence-corrected chi connectivity index (χ0v) is 14.9. The first-order valence-corrected chi connectivity index (χ1v) is 8.16. The van der Waals surface area contributed by atoms with Gasteiger partial charge in [0.15, 0.2) is 6.10 Å². The van der Waals surface area contributed by atoms with Gasteiger partial charge in [0.05, 0.1) is 12.3 Å². The Morgan fingerprint density at radius 1 is 1.35 bits per heavy atom. The summed E-state index contributed by atoms with van der Waals surface area (Å²) in [5.41, 5.74) is 5.35. The van der Waals surface area contributed by atoms with Crippen molar-refractivity contribution in [1.29, 1.82) is 0 Å². The smallest absolute Gasteiger partial charge is 0.347 e. The van der Waals surface area contributed by atoms with Gasteiger partial charge in [-0.15, -0.1) is 0 Å². The molecule has 130 valence electrons. The van der Waals surface area contributed by atoms with Crippen molar-refractivity contribution in [3.05, 3.63) is 16.0 Å². The second kappa shape index (κ2) is 9.13. The number of halogens is 3. The molecule has 0 fully saturated rings. The van der Waals surface area contributed by atoms with Gasteiger partial charge in [-0.05, 0) is 19.3 Å². The molecule has 1 heterocycles. The highest BCUT2D eigenvalue weighted by molar-refractivity contribution is 6.39. The molecule has 0 aliphatic rings. The Bertz CT molecular complexity index is 558. The van der Waals surface area contributed by atoms with Gasteiger partial charge in [-0.3, -0.25) is 0 Å². The maximum atomic E-state index is 13.5. The van der Waals surface area contributed by atoms with Crippen molar-refractivity contribution in [3.63, 3.8) is 0 Å². The summed E-state index contributed by atoms with van der Waals surface area (Å²) in [4.78, 5) is 15.4. The van der Waals surface area contributed by atoms with Crippen molar-refractivity contribution in [2.45, 2.75) is 46.1 Å². The number of ether oxygens (including phenoxy) is 2. The highest BCUT2D eigenvalue weighted by Crippen LogP contribution is 2.35. The summed E-state index contributed by atoms with van der Waals surface area (Å²) in [6.07, 6.45) is 2.14. The molecule has 0 spiro atoms. The third kappa shape index (κ3) is 5.70. The molecule has 0 aliphatic heterocycles. The summed E-state index contributed by atoms with van der Waals surface area (Å²) in [5, 5.41) is -0.533. The molecule has 1 aromatic heterocycles. The lowest BCUT2D eigenvalue weighted by Crippen LogP contribution is -2.28. The molecule has 0 saturated carbocycles. The Balaban J connectivity index is 2.62. The fourth-order valence-electron chi connectivity index (χ4n) is 1.78. The molecule has 1 aromatic rings. The molecule has 0 bridgehead atoms. The van der Waals surface area contributed by atoms with Crippen LogP contribution in [0.25, 0.3) is 0 Å². The number of rotatable bonds is 8. The fraction of sp³-hybridized carbons (Fsp3) is 0.600. The summed E-state index contributed by atoms with van der Waals surface area (Å²) < 4.78 is 23.9. The summed E-state index contributed by atoms with van der Waals surface area (Å²) >= 11 is 11.5. The number of esters is 1. The van der Waals surface area contributed by atoms with E-state index in [-0.39, 0.29) is 27.5 Å². The number of aromatic nitrogens is 1. The molecular weight excluding hydrogens is 346 g/mol. The monoisotopic (exact) mass is 366 g/mol. The van der Waals surface area contributed by atoms with Crippen molar-refractivity contribution >= 4 is 34.9 Å². The van der Waals surface area contributed by atoms with Crippen LogP contribution in [-0.2, 0) is 9.53 Å². The van der Waals surface area contributed by atoms with E-state index in [1.165, 1.54) is 6.92 Å². The molecule has 1 unspecified atom stereocenters. The summed E-state index contributed by atoms with van der Waals surface area (Å²) in [6, 6.07) is 0. The topological polar surface area (TPSA) is 74.4 Å². The van der Waals surface area contributed by atoms with Crippen LogP contribution in [0.4, 0.5) is 10.1 Å². The second-order valence-corrected chi connectivity index (χ2v) is 6.14. The quantitative estimate of drug-likeness (QED) is 0.549. The van der Waals surface area contributed by atoms with E-state index in [4.69, 9.17) is 38.4 Å². The van der Waals surface area contributed by atoms with Crippen molar-refractivity contribution in [2.24, 2.45) is 5.92 Å². The molecule has 2 N–H and O–H groups in total. The van der Waals surface area contributed by atoms with Gasteiger partial charge in [-0.25, -0.2) is 4.79 Å². The maximum Gasteiger partial charge on any atom is 0.347 e. The van der Waals surface area contributed by atoms with Gasteiger partial charge in [0.1, 0.15) is 10.0 Å². The van der Waals surface area contributed by atoms with E-state index in [0.717, 1.165) is 19.3 Å². The van der Waals surface area contributed by atoms with E-state index in [2.05, 4.69) is 11.9 Å². The average Bonchev–Trinajstić information content (AvgIpc) is 2.53. The number of nitrogens with two attached hydrogens (primary N) is 1. The minimum atomic E-state index is -1.02. The van der Waals surface area contributed by atoms with Gasteiger partial charge in [0, 0.05) is 0 Å². The van der Waals surface area contributed by atoms with Crippen LogP contribution in [0.15, 0.2) is 0 Å². The van der Waals surface area contributed by atoms with Crippen molar-refractivity contribution in [3.8, 4) is 5.88 Å². The lowest BCUT2D eigenvalue weighted by atomic mass is 10.1. The van der Waals surface area contributed by atoms with Gasteiger partial charge in [0.25, 0.3) is 0 Å². The molecule has 0 amide bonds. The number of hydrogen-bond acceptors (Lipinski definition) is 5. The number of carbonyl (C=O) groups excluding carboxylic acids is 1. The Kier molecular flexibility index (Phi) is 7.85. The molecule has 0 saturated heterocycles. The molecule has 5 nitrogen and oxygen atoms in total.